The van der Waals surface area contributed by atoms with E-state index in [0.29, 0.717) is 0 Å². The third-order valence-electron chi connectivity index (χ3n) is 8.99. The van der Waals surface area contributed by atoms with Crippen molar-refractivity contribution in [3.8, 4) is 11.4 Å². The van der Waals surface area contributed by atoms with Crippen LogP contribution >= 0.6 is 0 Å². The van der Waals surface area contributed by atoms with Crippen molar-refractivity contribution in [3.63, 3.8) is 0 Å². The van der Waals surface area contributed by atoms with Crippen molar-refractivity contribution in [1.82, 2.24) is 14.5 Å². The number of piperidine rings is 2. The molecule has 0 bridgehead atoms. The molecule has 6 nitrogen and oxygen atoms in total. The Balaban J connectivity index is 1.43. The molecule has 7 heteroatoms. The molecule has 212 valence electrons. The van der Waals surface area contributed by atoms with Crippen LogP contribution in [-0.2, 0) is 9.22 Å². The zero-order chi connectivity index (χ0) is 28.7. The fraction of sp³-hybridized carbons (Fsp3) is 0.455. The number of hydrogen-bond donors (Lipinski definition) is 0. The number of amides is 1. The van der Waals surface area contributed by atoms with E-state index in [-0.39, 0.29) is 29.1 Å². The first kappa shape index (κ1) is 28.4. The van der Waals surface area contributed by atoms with Crippen LogP contribution in [0.5, 0.6) is 5.75 Å². The number of fused-ring (bicyclic) bond motifs is 1. The van der Waals surface area contributed by atoms with E-state index >= 15 is 0 Å². The Morgan fingerprint density at radius 1 is 1.07 bits per heavy atom. The maximum absolute atomic E-state index is 14.1. The van der Waals surface area contributed by atoms with Gasteiger partial charge in [-0.15, -0.1) is 0 Å². The van der Waals surface area contributed by atoms with E-state index in [1.54, 1.807) is 13.4 Å². The Bertz CT molecular complexity index is 1390. The van der Waals surface area contributed by atoms with E-state index in [0.717, 1.165) is 54.0 Å². The number of hydrogen-bond acceptors (Lipinski definition) is 4. The number of benzene rings is 2. The minimum Gasteiger partial charge on any atom is -0.495 e. The van der Waals surface area contributed by atoms with Crippen LogP contribution in [0.15, 0.2) is 66.6 Å². The number of methoxy groups -OCH3 is 1. The Kier molecular flexibility index (Phi) is 7.81. The predicted molar refractivity (Wildman–Crippen MR) is 163 cm³/mol. The number of imidazole rings is 1. The summed E-state index contributed by atoms with van der Waals surface area (Å²) in [6.07, 6.45) is 9.42. The Labute approximate surface area is 240 Å². The molecule has 3 heterocycles. The third-order valence-corrected chi connectivity index (χ3v) is 13.5. The molecule has 0 saturated carbocycles. The summed E-state index contributed by atoms with van der Waals surface area (Å²) in [5.41, 5.74) is 4.88. The summed E-state index contributed by atoms with van der Waals surface area (Å²) in [5.74, 6) is 0.891. The van der Waals surface area contributed by atoms with Gasteiger partial charge in [0.05, 0.1) is 30.9 Å². The molecule has 2 aromatic carbocycles. The number of nitrogens with zero attached hydrogens (tertiary/aromatic N) is 3. The van der Waals surface area contributed by atoms with Crippen LogP contribution in [0.2, 0.25) is 18.1 Å². The SMILES string of the molecule is COc1cc(/C=C2\CC[C@@H]3CC(O[Si](C)(C)C(C)(C)C)CC(c4ccccc4)N3C2=O)ccc1-n1cnc(C)c1. The molecule has 2 aliphatic heterocycles. The van der Waals surface area contributed by atoms with Crippen LogP contribution in [0.3, 0.4) is 0 Å². The van der Waals surface area contributed by atoms with E-state index < -0.39 is 8.32 Å². The van der Waals surface area contributed by atoms with Crippen molar-refractivity contribution < 1.29 is 14.0 Å². The number of carbonyl (C=O) groups is 1. The van der Waals surface area contributed by atoms with Gasteiger partial charge in [0.25, 0.3) is 5.91 Å². The minimum absolute atomic E-state index is 0.00677. The van der Waals surface area contributed by atoms with Gasteiger partial charge in [0, 0.05) is 23.9 Å². The van der Waals surface area contributed by atoms with E-state index in [1.807, 2.05) is 48.0 Å². The molecule has 2 aliphatic rings. The molecule has 2 fully saturated rings. The molecule has 3 atom stereocenters. The highest BCUT2D eigenvalue weighted by Gasteiger charge is 2.46. The lowest BCUT2D eigenvalue weighted by Gasteiger charge is -2.50. The summed E-state index contributed by atoms with van der Waals surface area (Å²) < 4.78 is 14.6. The van der Waals surface area contributed by atoms with Gasteiger partial charge in [0.2, 0.25) is 0 Å². The third kappa shape index (κ3) is 5.67. The lowest BCUT2D eigenvalue weighted by molar-refractivity contribution is -0.139. The van der Waals surface area contributed by atoms with E-state index in [9.17, 15) is 4.79 Å². The van der Waals surface area contributed by atoms with Gasteiger partial charge >= 0.3 is 0 Å². The second-order valence-electron chi connectivity index (χ2n) is 12.8. The highest BCUT2D eigenvalue weighted by atomic mass is 28.4. The Hall–Kier alpha value is -3.16. The molecule has 5 rings (SSSR count). The molecule has 0 aliphatic carbocycles. The summed E-state index contributed by atoms with van der Waals surface area (Å²) in [7, 11) is -0.253. The molecule has 1 amide bonds. The van der Waals surface area contributed by atoms with Gasteiger partial charge in [-0.3, -0.25) is 4.79 Å². The normalized spacial score (nSPS) is 22.9. The van der Waals surface area contributed by atoms with E-state index in [4.69, 9.17) is 9.16 Å². The highest BCUT2D eigenvalue weighted by Crippen LogP contribution is 2.45. The molecular formula is C33H43N3O3Si. The Morgan fingerprint density at radius 3 is 2.48 bits per heavy atom. The zero-order valence-corrected chi connectivity index (χ0v) is 26.0. The van der Waals surface area contributed by atoms with Gasteiger partial charge in [0.15, 0.2) is 8.32 Å². The van der Waals surface area contributed by atoms with Gasteiger partial charge < -0.3 is 18.6 Å². The number of aryl methyl sites for hydroxylation is 1. The molecule has 1 aromatic heterocycles. The second kappa shape index (κ2) is 11.0. The number of ether oxygens (including phenoxy) is 1. The van der Waals surface area contributed by atoms with Crippen molar-refractivity contribution in [2.45, 2.75) is 89.7 Å². The summed E-state index contributed by atoms with van der Waals surface area (Å²) >= 11 is 0. The quantitative estimate of drug-likeness (QED) is 0.233. The maximum atomic E-state index is 14.1. The fourth-order valence-corrected chi connectivity index (χ4v) is 7.22. The van der Waals surface area contributed by atoms with Crippen molar-refractivity contribution in [2.24, 2.45) is 0 Å². The molecule has 2 saturated heterocycles. The fourth-order valence-electron chi connectivity index (χ4n) is 5.84. The summed E-state index contributed by atoms with van der Waals surface area (Å²) in [6, 6.07) is 16.8. The van der Waals surface area contributed by atoms with Gasteiger partial charge in [0.1, 0.15) is 5.75 Å². The average Bonchev–Trinajstić information content (AvgIpc) is 3.35. The van der Waals surface area contributed by atoms with Crippen LogP contribution < -0.4 is 4.74 Å². The van der Waals surface area contributed by atoms with Crippen LogP contribution in [0.4, 0.5) is 0 Å². The number of rotatable bonds is 6. The largest absolute Gasteiger partial charge is 0.495 e. The molecule has 0 N–H and O–H groups in total. The lowest BCUT2D eigenvalue weighted by Crippen LogP contribution is -2.55. The minimum atomic E-state index is -1.93. The van der Waals surface area contributed by atoms with Gasteiger partial charge in [-0.05, 0) is 80.1 Å². The molecule has 3 aromatic rings. The van der Waals surface area contributed by atoms with Crippen LogP contribution in [0.1, 0.15) is 69.3 Å². The second-order valence-corrected chi connectivity index (χ2v) is 17.6. The number of carbonyl (C=O) groups excluding carboxylic acids is 1. The average molecular weight is 558 g/mol. The van der Waals surface area contributed by atoms with E-state index in [1.165, 1.54) is 5.56 Å². The molecule has 0 spiro atoms. The lowest BCUT2D eigenvalue weighted by atomic mass is 9.82. The predicted octanol–water partition coefficient (Wildman–Crippen LogP) is 7.49. The van der Waals surface area contributed by atoms with E-state index in [2.05, 4.69) is 68.0 Å². The van der Waals surface area contributed by atoms with Crippen molar-refractivity contribution in [1.29, 1.82) is 0 Å². The monoisotopic (exact) mass is 557 g/mol. The van der Waals surface area contributed by atoms with Crippen LogP contribution in [0.25, 0.3) is 11.8 Å². The van der Waals surface area contributed by atoms with Gasteiger partial charge in [-0.25, -0.2) is 4.98 Å². The van der Waals surface area contributed by atoms with Crippen LogP contribution in [-0.4, -0.2) is 47.9 Å². The van der Waals surface area contributed by atoms with Crippen LogP contribution in [0, 0.1) is 6.92 Å². The molecule has 40 heavy (non-hydrogen) atoms. The summed E-state index contributed by atoms with van der Waals surface area (Å²) in [6.45, 7) is 13.5. The smallest absolute Gasteiger partial charge is 0.250 e. The van der Waals surface area contributed by atoms with Crippen molar-refractivity contribution in [3.05, 3.63) is 83.4 Å². The number of aromatic nitrogens is 2. The maximum Gasteiger partial charge on any atom is 0.250 e. The van der Waals surface area contributed by atoms with Gasteiger partial charge in [-0.1, -0.05) is 57.2 Å². The van der Waals surface area contributed by atoms with Crippen molar-refractivity contribution in [2.75, 3.05) is 7.11 Å². The molecular weight excluding hydrogens is 514 g/mol. The zero-order valence-electron chi connectivity index (χ0n) is 25.0. The molecule has 0 radical (unpaired) electrons. The topological polar surface area (TPSA) is 56.6 Å². The van der Waals surface area contributed by atoms with Gasteiger partial charge in [-0.2, -0.15) is 0 Å². The van der Waals surface area contributed by atoms with Crippen molar-refractivity contribution >= 4 is 20.3 Å². The first-order valence-corrected chi connectivity index (χ1v) is 17.3. The summed E-state index contributed by atoms with van der Waals surface area (Å²) in [5, 5.41) is 0.151. The standard InChI is InChI=1S/C33H43N3O3Si/c1-23-21-35(22-34-23)29-16-13-24(18-31(29)38-5)17-26-14-15-27-19-28(39-40(6,7)33(2,3)4)20-30(36(27)32(26)37)25-11-9-8-10-12-25/h8-13,16-18,21-22,27-28,30H,14-15,19-20H2,1-7H3/b26-17+/t27-,28?,30?/m1/s1. The Morgan fingerprint density at radius 2 is 1.82 bits per heavy atom. The highest BCUT2D eigenvalue weighted by molar-refractivity contribution is 6.74. The molecule has 2 unspecified atom stereocenters. The first-order chi connectivity index (χ1) is 19.0. The first-order valence-electron chi connectivity index (χ1n) is 14.4. The summed E-state index contributed by atoms with van der Waals surface area (Å²) in [4.78, 5) is 20.6.